The monoisotopic (exact) mass is 411 g/mol. The highest BCUT2D eigenvalue weighted by Gasteiger charge is 2.35. The molecule has 1 N–H and O–H groups in total. The first kappa shape index (κ1) is 18.3. The molecule has 2 heterocycles. The van der Waals surface area contributed by atoms with Gasteiger partial charge < -0.3 is 9.88 Å². The summed E-state index contributed by atoms with van der Waals surface area (Å²) in [5, 5.41) is 3.82. The lowest BCUT2D eigenvalue weighted by Gasteiger charge is -2.11. The summed E-state index contributed by atoms with van der Waals surface area (Å²) in [6.45, 7) is 1.93. The first-order valence-corrected chi connectivity index (χ1v) is 9.26. The summed E-state index contributed by atoms with van der Waals surface area (Å²) in [4.78, 5) is 26.2. The third-order valence-corrected chi connectivity index (χ3v) is 5.13. The fourth-order valence-electron chi connectivity index (χ4n) is 2.99. The number of urea groups is 1. The fourth-order valence-corrected chi connectivity index (χ4v) is 3.29. The molecule has 3 amide bonds. The molecule has 3 aromatic rings. The molecule has 0 aliphatic carbocycles. The molecule has 0 spiro atoms. The van der Waals surface area contributed by atoms with Gasteiger partial charge in [-0.15, -0.1) is 0 Å². The van der Waals surface area contributed by atoms with Crippen molar-refractivity contribution in [3.05, 3.63) is 87.8 Å². The Balaban J connectivity index is 1.68. The van der Waals surface area contributed by atoms with E-state index in [0.717, 1.165) is 21.8 Å². The molecule has 0 atom stereocenters. The van der Waals surface area contributed by atoms with Crippen LogP contribution in [0, 0.1) is 6.92 Å². The minimum atomic E-state index is -0.505. The van der Waals surface area contributed by atoms with Gasteiger partial charge in [0.05, 0.1) is 5.69 Å². The standard InChI is InChI=1S/C21H15Cl2N3O2/c1-13-4-7-17(11-18(13)23)25-10-2-3-16(25)12-19-20(27)26(21(28)24-19)15-8-5-14(22)6-9-15/h2-12H,1H3,(H,24,28)/b19-12+. The summed E-state index contributed by atoms with van der Waals surface area (Å²) >= 11 is 12.1. The van der Waals surface area contributed by atoms with E-state index in [2.05, 4.69) is 5.32 Å². The average Bonchev–Trinajstić information content (AvgIpc) is 3.23. The number of amides is 3. The molecule has 7 heteroatoms. The van der Waals surface area contributed by atoms with Crippen molar-refractivity contribution in [3.8, 4) is 5.69 Å². The van der Waals surface area contributed by atoms with E-state index < -0.39 is 11.9 Å². The highest BCUT2D eigenvalue weighted by Crippen LogP contribution is 2.25. The van der Waals surface area contributed by atoms with Crippen molar-refractivity contribution in [3.63, 3.8) is 0 Å². The van der Waals surface area contributed by atoms with Gasteiger partial charge in [0.1, 0.15) is 5.70 Å². The van der Waals surface area contributed by atoms with Crippen LogP contribution in [0.4, 0.5) is 10.5 Å². The van der Waals surface area contributed by atoms with Crippen LogP contribution in [-0.4, -0.2) is 16.5 Å². The minimum Gasteiger partial charge on any atom is -0.317 e. The van der Waals surface area contributed by atoms with Gasteiger partial charge in [0.15, 0.2) is 0 Å². The highest BCUT2D eigenvalue weighted by atomic mass is 35.5. The van der Waals surface area contributed by atoms with Gasteiger partial charge in [-0.2, -0.15) is 0 Å². The zero-order valence-electron chi connectivity index (χ0n) is 14.8. The zero-order valence-corrected chi connectivity index (χ0v) is 16.3. The summed E-state index contributed by atoms with van der Waals surface area (Å²) in [6, 6.07) is 15.4. The Morgan fingerprint density at radius 3 is 2.39 bits per heavy atom. The van der Waals surface area contributed by atoms with Crippen molar-refractivity contribution >= 4 is 46.9 Å². The molecule has 1 aliphatic heterocycles. The van der Waals surface area contributed by atoms with Gasteiger partial charge in [0.25, 0.3) is 5.91 Å². The molecule has 0 saturated carbocycles. The van der Waals surface area contributed by atoms with E-state index in [9.17, 15) is 9.59 Å². The van der Waals surface area contributed by atoms with Crippen molar-refractivity contribution in [2.75, 3.05) is 4.90 Å². The van der Waals surface area contributed by atoms with Crippen LogP contribution in [0.2, 0.25) is 10.0 Å². The number of anilines is 1. The zero-order chi connectivity index (χ0) is 19.8. The number of rotatable bonds is 3. The van der Waals surface area contributed by atoms with Gasteiger partial charge >= 0.3 is 6.03 Å². The Labute approximate surface area is 171 Å². The minimum absolute atomic E-state index is 0.193. The summed E-state index contributed by atoms with van der Waals surface area (Å²) in [5.74, 6) is -0.429. The molecule has 1 fully saturated rings. The van der Waals surface area contributed by atoms with E-state index in [4.69, 9.17) is 23.2 Å². The third-order valence-electron chi connectivity index (χ3n) is 4.47. The van der Waals surface area contributed by atoms with Crippen molar-refractivity contribution in [2.45, 2.75) is 6.92 Å². The number of hydrogen-bond donors (Lipinski definition) is 1. The molecule has 0 bridgehead atoms. The molecule has 140 valence electrons. The Bertz CT molecular complexity index is 1120. The number of aryl methyl sites for hydroxylation is 1. The van der Waals surface area contributed by atoms with Crippen molar-refractivity contribution in [1.82, 2.24) is 9.88 Å². The SMILES string of the molecule is Cc1ccc(-n2cccc2/C=C2/NC(=O)N(c3ccc(Cl)cc3)C2=O)cc1Cl. The molecular weight excluding hydrogens is 397 g/mol. The lowest BCUT2D eigenvalue weighted by atomic mass is 10.2. The maximum atomic E-state index is 12.8. The molecule has 4 rings (SSSR count). The van der Waals surface area contributed by atoms with Crippen LogP contribution >= 0.6 is 23.2 Å². The average molecular weight is 412 g/mol. The lowest BCUT2D eigenvalue weighted by Crippen LogP contribution is -2.30. The van der Waals surface area contributed by atoms with Gasteiger partial charge in [-0.05, 0) is 67.1 Å². The quantitative estimate of drug-likeness (QED) is 0.476. The number of aromatic nitrogens is 1. The first-order chi connectivity index (χ1) is 13.4. The van der Waals surface area contributed by atoms with Gasteiger partial charge in [0, 0.05) is 27.6 Å². The van der Waals surface area contributed by atoms with Gasteiger partial charge in [-0.1, -0.05) is 29.3 Å². The Kier molecular flexibility index (Phi) is 4.71. The molecule has 0 unspecified atom stereocenters. The first-order valence-electron chi connectivity index (χ1n) is 8.50. The summed E-state index contributed by atoms with van der Waals surface area (Å²) in [7, 11) is 0. The maximum absolute atomic E-state index is 12.8. The predicted molar refractivity (Wildman–Crippen MR) is 111 cm³/mol. The van der Waals surface area contributed by atoms with E-state index in [1.165, 1.54) is 0 Å². The normalized spacial score (nSPS) is 15.4. The van der Waals surface area contributed by atoms with Crippen LogP contribution in [0.3, 0.4) is 0 Å². The van der Waals surface area contributed by atoms with E-state index in [-0.39, 0.29) is 5.70 Å². The molecule has 0 radical (unpaired) electrons. The number of carbonyl (C=O) groups is 2. The lowest BCUT2D eigenvalue weighted by molar-refractivity contribution is -0.113. The molecule has 1 saturated heterocycles. The van der Waals surface area contributed by atoms with Crippen LogP contribution in [0.5, 0.6) is 0 Å². The number of nitrogens with one attached hydrogen (secondary N) is 1. The molecule has 1 aliphatic rings. The Hall–Kier alpha value is -3.02. The van der Waals surface area contributed by atoms with Crippen LogP contribution < -0.4 is 10.2 Å². The number of hydrogen-bond acceptors (Lipinski definition) is 2. The van der Waals surface area contributed by atoms with Crippen LogP contribution in [0.25, 0.3) is 11.8 Å². The molecular formula is C21H15Cl2N3O2. The third kappa shape index (κ3) is 3.30. The summed E-state index contributed by atoms with van der Waals surface area (Å²) < 4.78 is 1.89. The maximum Gasteiger partial charge on any atom is 0.333 e. The second-order valence-corrected chi connectivity index (χ2v) is 7.19. The van der Waals surface area contributed by atoms with Gasteiger partial charge in [-0.3, -0.25) is 4.79 Å². The van der Waals surface area contributed by atoms with Crippen LogP contribution in [-0.2, 0) is 4.79 Å². The topological polar surface area (TPSA) is 54.3 Å². The molecule has 5 nitrogen and oxygen atoms in total. The number of imide groups is 1. The molecule has 28 heavy (non-hydrogen) atoms. The van der Waals surface area contributed by atoms with Crippen LogP contribution in [0.1, 0.15) is 11.3 Å². The van der Waals surface area contributed by atoms with Crippen molar-refractivity contribution < 1.29 is 9.59 Å². The predicted octanol–water partition coefficient (Wildman–Crippen LogP) is 5.19. The summed E-state index contributed by atoms with van der Waals surface area (Å²) in [5.41, 5.74) is 3.23. The molecule has 2 aromatic carbocycles. The van der Waals surface area contributed by atoms with E-state index in [0.29, 0.717) is 15.7 Å². The number of carbonyl (C=O) groups excluding carboxylic acids is 2. The van der Waals surface area contributed by atoms with Gasteiger partial charge in [-0.25, -0.2) is 9.69 Å². The second kappa shape index (κ2) is 7.19. The molecule has 1 aromatic heterocycles. The van der Waals surface area contributed by atoms with Crippen molar-refractivity contribution in [2.24, 2.45) is 0 Å². The number of nitrogens with zero attached hydrogens (tertiary/aromatic N) is 2. The largest absolute Gasteiger partial charge is 0.333 e. The second-order valence-electron chi connectivity index (χ2n) is 6.34. The van der Waals surface area contributed by atoms with E-state index in [1.807, 2.05) is 48.0 Å². The van der Waals surface area contributed by atoms with Gasteiger partial charge in [0.2, 0.25) is 0 Å². The highest BCUT2D eigenvalue weighted by molar-refractivity contribution is 6.32. The Morgan fingerprint density at radius 2 is 1.68 bits per heavy atom. The number of halogens is 2. The van der Waals surface area contributed by atoms with Crippen molar-refractivity contribution in [1.29, 1.82) is 0 Å². The van der Waals surface area contributed by atoms with E-state index in [1.54, 1.807) is 30.3 Å². The Morgan fingerprint density at radius 1 is 0.964 bits per heavy atom. The van der Waals surface area contributed by atoms with Crippen LogP contribution in [0.15, 0.2) is 66.5 Å². The number of benzene rings is 2. The smallest absolute Gasteiger partial charge is 0.317 e. The fraction of sp³-hybridized carbons (Fsp3) is 0.0476. The van der Waals surface area contributed by atoms with E-state index >= 15 is 0 Å². The summed E-state index contributed by atoms with van der Waals surface area (Å²) in [6.07, 6.45) is 3.51.